The maximum Gasteiger partial charge on any atom is 0.333 e. The molecule has 0 spiro atoms. The minimum absolute atomic E-state index is 0.00940. The summed E-state index contributed by atoms with van der Waals surface area (Å²) in [5, 5.41) is 0.645. The van der Waals surface area contributed by atoms with E-state index < -0.39 is 5.97 Å². The molecule has 1 rings (SSSR count). The number of esters is 1. The van der Waals surface area contributed by atoms with Crippen LogP contribution in [0.15, 0.2) is 11.1 Å². The van der Waals surface area contributed by atoms with Gasteiger partial charge in [-0.15, -0.1) is 0 Å². The van der Waals surface area contributed by atoms with E-state index in [1.165, 1.54) is 29.8 Å². The lowest BCUT2D eigenvalue weighted by Gasteiger charge is -2.07. The van der Waals surface area contributed by atoms with Crippen molar-refractivity contribution in [3.05, 3.63) is 11.1 Å². The Bertz CT molecular complexity index is 249. The molecule has 5 heteroatoms. The van der Waals surface area contributed by atoms with Crippen molar-refractivity contribution in [3.8, 4) is 0 Å². The molecule has 0 bridgehead atoms. The number of amides is 1. The molecule has 0 aromatic heterocycles. The van der Waals surface area contributed by atoms with Crippen LogP contribution in [0.25, 0.3) is 0 Å². The fourth-order valence-corrected chi connectivity index (χ4v) is 1.69. The zero-order valence-corrected chi connectivity index (χ0v) is 7.68. The molecule has 1 aliphatic rings. The summed E-state index contributed by atoms with van der Waals surface area (Å²) in [4.78, 5) is 23.2. The molecule has 66 valence electrons. The molecular weight excluding hydrogens is 178 g/mol. The standard InChI is InChI=1S/C7H9NO3S/c1-8-5(9)4-12-6(8)3-7(10)11-2/h3H,4H2,1-2H3/b6-3-. The van der Waals surface area contributed by atoms with Crippen LogP contribution >= 0.6 is 11.8 Å². The number of hydrogen-bond acceptors (Lipinski definition) is 4. The van der Waals surface area contributed by atoms with E-state index >= 15 is 0 Å². The lowest BCUT2D eigenvalue weighted by molar-refractivity contribution is -0.134. The molecule has 1 heterocycles. The van der Waals surface area contributed by atoms with Crippen molar-refractivity contribution >= 4 is 23.6 Å². The Kier molecular flexibility index (Phi) is 2.75. The largest absolute Gasteiger partial charge is 0.466 e. The van der Waals surface area contributed by atoms with Crippen LogP contribution in [0.3, 0.4) is 0 Å². The second-order valence-corrected chi connectivity index (χ2v) is 3.24. The van der Waals surface area contributed by atoms with E-state index in [0.717, 1.165) is 0 Å². The Morgan fingerprint density at radius 1 is 1.75 bits per heavy atom. The molecule has 0 unspecified atom stereocenters. The number of nitrogens with zero attached hydrogens (tertiary/aromatic N) is 1. The highest BCUT2D eigenvalue weighted by Crippen LogP contribution is 2.26. The second-order valence-electron chi connectivity index (χ2n) is 2.25. The van der Waals surface area contributed by atoms with Gasteiger partial charge in [0, 0.05) is 7.05 Å². The Morgan fingerprint density at radius 3 is 2.83 bits per heavy atom. The van der Waals surface area contributed by atoms with Gasteiger partial charge in [0.1, 0.15) is 0 Å². The molecule has 1 aliphatic heterocycles. The predicted molar refractivity (Wildman–Crippen MR) is 45.3 cm³/mol. The molecule has 1 saturated heterocycles. The van der Waals surface area contributed by atoms with Gasteiger partial charge >= 0.3 is 5.97 Å². The van der Waals surface area contributed by atoms with E-state index in [1.54, 1.807) is 7.05 Å². The molecule has 0 saturated carbocycles. The van der Waals surface area contributed by atoms with Gasteiger partial charge in [0.2, 0.25) is 5.91 Å². The summed E-state index contributed by atoms with van der Waals surface area (Å²) in [7, 11) is 2.94. The highest BCUT2D eigenvalue weighted by molar-refractivity contribution is 8.04. The zero-order chi connectivity index (χ0) is 9.14. The van der Waals surface area contributed by atoms with E-state index in [2.05, 4.69) is 4.74 Å². The lowest BCUT2D eigenvalue weighted by atomic mass is 10.5. The van der Waals surface area contributed by atoms with Gasteiger partial charge in [0.25, 0.3) is 0 Å². The van der Waals surface area contributed by atoms with Crippen LogP contribution in [0, 0.1) is 0 Å². The maximum atomic E-state index is 11.0. The van der Waals surface area contributed by atoms with Gasteiger partial charge < -0.3 is 9.64 Å². The highest BCUT2D eigenvalue weighted by atomic mass is 32.2. The fraction of sp³-hybridized carbons (Fsp3) is 0.429. The highest BCUT2D eigenvalue weighted by Gasteiger charge is 2.23. The summed E-state index contributed by atoms with van der Waals surface area (Å²) in [6.45, 7) is 0. The third kappa shape index (κ3) is 1.79. The van der Waals surface area contributed by atoms with Crippen LogP contribution in [0.2, 0.25) is 0 Å². The molecule has 0 aromatic rings. The number of carbonyl (C=O) groups is 2. The monoisotopic (exact) mass is 187 g/mol. The average molecular weight is 187 g/mol. The topological polar surface area (TPSA) is 46.6 Å². The van der Waals surface area contributed by atoms with Gasteiger partial charge in [-0.3, -0.25) is 4.79 Å². The van der Waals surface area contributed by atoms with E-state index in [0.29, 0.717) is 10.8 Å². The first-order valence-electron chi connectivity index (χ1n) is 3.34. The Balaban J connectivity index is 2.70. The average Bonchev–Trinajstić information content (AvgIpc) is 2.36. The summed E-state index contributed by atoms with van der Waals surface area (Å²) in [5.74, 6) is -0.0199. The van der Waals surface area contributed by atoms with Crippen molar-refractivity contribution in [2.45, 2.75) is 0 Å². The van der Waals surface area contributed by atoms with Crippen LogP contribution in [0.4, 0.5) is 0 Å². The third-order valence-corrected chi connectivity index (χ3v) is 2.57. The van der Waals surface area contributed by atoms with Crippen LogP contribution in [0.5, 0.6) is 0 Å². The lowest BCUT2D eigenvalue weighted by Crippen LogP contribution is -2.19. The smallest absolute Gasteiger partial charge is 0.333 e. The van der Waals surface area contributed by atoms with Crippen molar-refractivity contribution in [2.24, 2.45) is 0 Å². The Labute approximate surface area is 74.6 Å². The molecular formula is C7H9NO3S. The third-order valence-electron chi connectivity index (χ3n) is 1.49. The number of thioether (sulfide) groups is 1. The molecule has 0 aromatic carbocycles. The normalized spacial score (nSPS) is 20.3. The van der Waals surface area contributed by atoms with E-state index in [9.17, 15) is 9.59 Å². The summed E-state index contributed by atoms with van der Waals surface area (Å²) in [5.41, 5.74) is 0. The van der Waals surface area contributed by atoms with E-state index in [-0.39, 0.29) is 5.91 Å². The molecule has 12 heavy (non-hydrogen) atoms. The quantitative estimate of drug-likeness (QED) is 0.435. The number of carbonyl (C=O) groups excluding carboxylic acids is 2. The van der Waals surface area contributed by atoms with Crippen molar-refractivity contribution in [2.75, 3.05) is 19.9 Å². The van der Waals surface area contributed by atoms with Crippen LogP contribution in [0.1, 0.15) is 0 Å². The maximum absolute atomic E-state index is 11.0. The molecule has 0 N–H and O–H groups in total. The Hall–Kier alpha value is -0.970. The van der Waals surface area contributed by atoms with Crippen molar-refractivity contribution in [1.82, 2.24) is 4.90 Å². The molecule has 4 nitrogen and oxygen atoms in total. The predicted octanol–water partition coefficient (Wildman–Crippen LogP) is 0.206. The number of ether oxygens (including phenoxy) is 1. The first-order valence-corrected chi connectivity index (χ1v) is 4.32. The van der Waals surface area contributed by atoms with Gasteiger partial charge in [0.15, 0.2) is 0 Å². The van der Waals surface area contributed by atoms with E-state index in [1.807, 2.05) is 0 Å². The van der Waals surface area contributed by atoms with Crippen molar-refractivity contribution in [1.29, 1.82) is 0 Å². The molecule has 0 aliphatic carbocycles. The van der Waals surface area contributed by atoms with Gasteiger partial charge in [-0.25, -0.2) is 4.79 Å². The summed E-state index contributed by atoms with van der Waals surface area (Å²) in [6.07, 6.45) is 1.32. The Morgan fingerprint density at radius 2 is 2.42 bits per heavy atom. The zero-order valence-electron chi connectivity index (χ0n) is 6.86. The number of rotatable bonds is 1. The van der Waals surface area contributed by atoms with Gasteiger partial charge in [-0.2, -0.15) is 0 Å². The minimum atomic E-state index is -0.431. The number of hydrogen-bond donors (Lipinski definition) is 0. The van der Waals surface area contributed by atoms with Crippen LogP contribution in [-0.4, -0.2) is 36.7 Å². The minimum Gasteiger partial charge on any atom is -0.466 e. The van der Waals surface area contributed by atoms with Crippen LogP contribution < -0.4 is 0 Å². The summed E-state index contributed by atoms with van der Waals surface area (Å²) in [6, 6.07) is 0. The van der Waals surface area contributed by atoms with Crippen molar-refractivity contribution in [3.63, 3.8) is 0 Å². The van der Waals surface area contributed by atoms with Gasteiger partial charge in [-0.05, 0) is 0 Å². The number of methoxy groups -OCH3 is 1. The second kappa shape index (κ2) is 3.62. The van der Waals surface area contributed by atoms with Crippen molar-refractivity contribution < 1.29 is 14.3 Å². The molecule has 0 radical (unpaired) electrons. The molecule has 0 atom stereocenters. The van der Waals surface area contributed by atoms with Gasteiger partial charge in [0.05, 0.1) is 24.0 Å². The fourth-order valence-electron chi connectivity index (χ4n) is 0.750. The first kappa shape index (κ1) is 9.12. The SMILES string of the molecule is COC(=O)/C=C1\SCC(=O)N1C. The molecule has 1 amide bonds. The van der Waals surface area contributed by atoms with Crippen LogP contribution in [-0.2, 0) is 14.3 Å². The summed E-state index contributed by atoms with van der Waals surface area (Å²) < 4.78 is 4.43. The first-order chi connectivity index (χ1) is 5.65. The molecule has 1 fully saturated rings. The summed E-state index contributed by atoms with van der Waals surface area (Å²) >= 11 is 1.34. The van der Waals surface area contributed by atoms with E-state index in [4.69, 9.17) is 0 Å². The van der Waals surface area contributed by atoms with Gasteiger partial charge in [-0.1, -0.05) is 11.8 Å².